The lowest BCUT2D eigenvalue weighted by molar-refractivity contribution is 0.282. The van der Waals surface area contributed by atoms with Crippen LogP contribution < -0.4 is 4.90 Å². The molecular formula is C14H22BrN3O. The maximum absolute atomic E-state index is 9.06. The van der Waals surface area contributed by atoms with Crippen LogP contribution in [0.4, 0.5) is 5.82 Å². The van der Waals surface area contributed by atoms with Crippen molar-refractivity contribution in [3.05, 3.63) is 16.5 Å². The summed E-state index contributed by atoms with van der Waals surface area (Å²) in [7, 11) is 0. The smallest absolute Gasteiger partial charge is 0.134 e. The summed E-state index contributed by atoms with van der Waals surface area (Å²) in [6.07, 6.45) is 4.53. The van der Waals surface area contributed by atoms with Gasteiger partial charge >= 0.3 is 0 Å². The van der Waals surface area contributed by atoms with Crippen LogP contribution in [0.15, 0.2) is 10.7 Å². The van der Waals surface area contributed by atoms with Crippen molar-refractivity contribution in [1.29, 1.82) is 0 Å². The van der Waals surface area contributed by atoms with Crippen LogP contribution in [-0.4, -0.2) is 34.3 Å². The molecule has 0 atom stereocenters. The Balaban J connectivity index is 2.24. The fourth-order valence-electron chi connectivity index (χ4n) is 2.25. The summed E-state index contributed by atoms with van der Waals surface area (Å²) >= 11 is 3.48. The zero-order chi connectivity index (χ0) is 13.8. The molecule has 1 fully saturated rings. The molecule has 1 saturated carbocycles. The maximum atomic E-state index is 9.06. The van der Waals surface area contributed by atoms with Crippen LogP contribution in [0.5, 0.6) is 0 Å². The van der Waals surface area contributed by atoms with Gasteiger partial charge in [-0.05, 0) is 41.6 Å². The lowest BCUT2D eigenvalue weighted by Gasteiger charge is -2.38. The van der Waals surface area contributed by atoms with Gasteiger partial charge in [-0.1, -0.05) is 13.8 Å². The van der Waals surface area contributed by atoms with Crippen molar-refractivity contribution < 1.29 is 5.11 Å². The van der Waals surface area contributed by atoms with Crippen molar-refractivity contribution in [2.75, 3.05) is 18.1 Å². The van der Waals surface area contributed by atoms with E-state index in [1.54, 1.807) is 0 Å². The fraction of sp³-hybridized carbons (Fsp3) is 0.714. The molecule has 1 aromatic heterocycles. The highest BCUT2D eigenvalue weighted by molar-refractivity contribution is 9.10. The van der Waals surface area contributed by atoms with E-state index in [-0.39, 0.29) is 6.61 Å². The zero-order valence-corrected chi connectivity index (χ0v) is 13.2. The Morgan fingerprint density at radius 1 is 1.42 bits per heavy atom. The van der Waals surface area contributed by atoms with Gasteiger partial charge in [0, 0.05) is 31.2 Å². The van der Waals surface area contributed by atoms with E-state index in [4.69, 9.17) is 10.1 Å². The summed E-state index contributed by atoms with van der Waals surface area (Å²) in [5.74, 6) is 2.18. The van der Waals surface area contributed by atoms with E-state index in [0.29, 0.717) is 12.0 Å². The van der Waals surface area contributed by atoms with Crippen molar-refractivity contribution >= 4 is 21.7 Å². The number of aliphatic hydroxyl groups is 1. The van der Waals surface area contributed by atoms with Crippen molar-refractivity contribution in [3.63, 3.8) is 0 Å². The predicted molar refractivity (Wildman–Crippen MR) is 80.5 cm³/mol. The molecule has 0 radical (unpaired) electrons. The third-order valence-corrected chi connectivity index (χ3v) is 3.99. The molecule has 0 amide bonds. The summed E-state index contributed by atoms with van der Waals surface area (Å²) in [4.78, 5) is 11.5. The standard InChI is InChI=1S/C14H22BrN3O/c1-10(2)14-16-12(15)9-13(17-14)18(7-4-8-19)11-5-3-6-11/h9-11,19H,3-8H2,1-2H3. The molecule has 4 nitrogen and oxygen atoms in total. The number of nitrogens with zero attached hydrogens (tertiary/aromatic N) is 3. The van der Waals surface area contributed by atoms with Crippen LogP contribution in [-0.2, 0) is 0 Å². The van der Waals surface area contributed by atoms with Gasteiger partial charge in [0.2, 0.25) is 0 Å². The maximum Gasteiger partial charge on any atom is 0.134 e. The lowest BCUT2D eigenvalue weighted by atomic mass is 9.91. The van der Waals surface area contributed by atoms with Gasteiger partial charge in [0.1, 0.15) is 16.2 Å². The van der Waals surface area contributed by atoms with Crippen LogP contribution in [0.3, 0.4) is 0 Å². The van der Waals surface area contributed by atoms with Gasteiger partial charge in [-0.15, -0.1) is 0 Å². The van der Waals surface area contributed by atoms with Gasteiger partial charge in [-0.2, -0.15) is 0 Å². The summed E-state index contributed by atoms with van der Waals surface area (Å²) in [6.45, 7) is 5.30. The minimum absolute atomic E-state index is 0.229. The molecule has 0 aromatic carbocycles. The normalized spacial score (nSPS) is 15.6. The van der Waals surface area contributed by atoms with Crippen molar-refractivity contribution in [2.24, 2.45) is 0 Å². The van der Waals surface area contributed by atoms with E-state index in [9.17, 15) is 0 Å². The first-order valence-electron chi connectivity index (χ1n) is 7.03. The van der Waals surface area contributed by atoms with Gasteiger partial charge in [0.05, 0.1) is 0 Å². The third kappa shape index (κ3) is 3.66. The molecule has 5 heteroatoms. The minimum Gasteiger partial charge on any atom is -0.396 e. The first-order valence-corrected chi connectivity index (χ1v) is 7.83. The largest absolute Gasteiger partial charge is 0.396 e. The van der Waals surface area contributed by atoms with E-state index in [2.05, 4.69) is 39.7 Å². The van der Waals surface area contributed by atoms with Crippen molar-refractivity contribution in [1.82, 2.24) is 9.97 Å². The average Bonchev–Trinajstić information content (AvgIpc) is 2.31. The minimum atomic E-state index is 0.229. The zero-order valence-electron chi connectivity index (χ0n) is 11.6. The molecule has 0 aliphatic heterocycles. The second kappa shape index (κ2) is 6.66. The van der Waals surface area contributed by atoms with Crippen LogP contribution in [0.1, 0.15) is 51.3 Å². The van der Waals surface area contributed by atoms with Crippen molar-refractivity contribution in [2.45, 2.75) is 51.5 Å². The molecule has 1 heterocycles. The second-order valence-corrected chi connectivity index (χ2v) is 6.23. The van der Waals surface area contributed by atoms with Gasteiger partial charge < -0.3 is 10.0 Å². The van der Waals surface area contributed by atoms with E-state index in [1.807, 2.05) is 6.07 Å². The number of hydrogen-bond donors (Lipinski definition) is 1. The molecule has 0 bridgehead atoms. The second-order valence-electron chi connectivity index (χ2n) is 5.42. The Kier molecular flexibility index (Phi) is 5.16. The molecule has 0 unspecified atom stereocenters. The highest BCUT2D eigenvalue weighted by Gasteiger charge is 2.26. The highest BCUT2D eigenvalue weighted by Crippen LogP contribution is 2.30. The number of halogens is 1. The number of rotatable bonds is 6. The first kappa shape index (κ1) is 14.7. The Bertz CT molecular complexity index is 421. The molecule has 0 spiro atoms. The molecular weight excluding hydrogens is 306 g/mol. The number of anilines is 1. The monoisotopic (exact) mass is 327 g/mol. The van der Waals surface area contributed by atoms with Gasteiger partial charge in [0.25, 0.3) is 0 Å². The summed E-state index contributed by atoms with van der Waals surface area (Å²) in [6, 6.07) is 2.56. The molecule has 0 saturated heterocycles. The van der Waals surface area contributed by atoms with E-state index < -0.39 is 0 Å². The van der Waals surface area contributed by atoms with E-state index >= 15 is 0 Å². The van der Waals surface area contributed by atoms with Crippen LogP contribution in [0.2, 0.25) is 0 Å². The summed E-state index contributed by atoms with van der Waals surface area (Å²) < 4.78 is 0.842. The molecule has 19 heavy (non-hydrogen) atoms. The number of aromatic nitrogens is 2. The fourth-order valence-corrected chi connectivity index (χ4v) is 2.64. The summed E-state index contributed by atoms with van der Waals surface area (Å²) in [5.41, 5.74) is 0. The Morgan fingerprint density at radius 3 is 2.68 bits per heavy atom. The molecule has 1 aliphatic carbocycles. The van der Waals surface area contributed by atoms with Crippen molar-refractivity contribution in [3.8, 4) is 0 Å². The van der Waals surface area contributed by atoms with E-state index in [1.165, 1.54) is 19.3 Å². The predicted octanol–water partition coefficient (Wildman–Crippen LogP) is 3.10. The Labute approximate surface area is 123 Å². The van der Waals surface area contributed by atoms with Crippen LogP contribution in [0.25, 0.3) is 0 Å². The van der Waals surface area contributed by atoms with Crippen LogP contribution >= 0.6 is 15.9 Å². The van der Waals surface area contributed by atoms with E-state index in [0.717, 1.165) is 29.2 Å². The van der Waals surface area contributed by atoms with Gasteiger partial charge in [-0.3, -0.25) is 0 Å². The average molecular weight is 328 g/mol. The number of hydrogen-bond acceptors (Lipinski definition) is 4. The first-order chi connectivity index (χ1) is 9.11. The quantitative estimate of drug-likeness (QED) is 0.815. The number of aliphatic hydroxyl groups excluding tert-OH is 1. The van der Waals surface area contributed by atoms with Crippen LogP contribution in [0, 0.1) is 0 Å². The topological polar surface area (TPSA) is 49.2 Å². The Hall–Kier alpha value is -0.680. The third-order valence-electron chi connectivity index (χ3n) is 3.58. The molecule has 1 aliphatic rings. The molecule has 2 rings (SSSR count). The summed E-state index contributed by atoms with van der Waals surface area (Å²) in [5, 5.41) is 9.06. The molecule has 1 N–H and O–H groups in total. The Morgan fingerprint density at radius 2 is 2.16 bits per heavy atom. The van der Waals surface area contributed by atoms with Gasteiger partial charge in [-0.25, -0.2) is 9.97 Å². The highest BCUT2D eigenvalue weighted by atomic mass is 79.9. The SMILES string of the molecule is CC(C)c1nc(Br)cc(N(CCCO)C2CCC2)n1. The molecule has 106 valence electrons. The van der Waals surface area contributed by atoms with Gasteiger partial charge in [0.15, 0.2) is 0 Å². The lowest BCUT2D eigenvalue weighted by Crippen LogP contribution is -2.41. The molecule has 1 aromatic rings.